The first-order chi connectivity index (χ1) is 8.80. The van der Waals surface area contributed by atoms with E-state index in [0.717, 1.165) is 30.8 Å². The molecule has 0 spiro atoms. The van der Waals surface area contributed by atoms with Gasteiger partial charge in [-0.1, -0.05) is 18.2 Å². The predicted octanol–water partition coefficient (Wildman–Crippen LogP) is 2.39. The normalized spacial score (nSPS) is 14.8. The first-order valence-electron chi connectivity index (χ1n) is 6.24. The summed E-state index contributed by atoms with van der Waals surface area (Å²) in [6.45, 7) is 4.47. The third-order valence-electron chi connectivity index (χ3n) is 3.07. The molecule has 2 N–H and O–H groups in total. The summed E-state index contributed by atoms with van der Waals surface area (Å²) in [5.41, 5.74) is 4.47. The maximum atomic E-state index is 4.63. The molecule has 1 heterocycles. The Morgan fingerprint density at radius 2 is 2.28 bits per heavy atom. The van der Waals surface area contributed by atoms with Gasteiger partial charge in [0.25, 0.3) is 0 Å². The summed E-state index contributed by atoms with van der Waals surface area (Å²) in [4.78, 5) is 0. The molecule has 0 unspecified atom stereocenters. The van der Waals surface area contributed by atoms with Gasteiger partial charge in [-0.3, -0.25) is 4.68 Å². The number of hydrogen-bond acceptors (Lipinski definition) is 3. The Balaban J connectivity index is 2.45. The molecule has 0 aliphatic heterocycles. The second-order valence-electron chi connectivity index (χ2n) is 4.24. The van der Waals surface area contributed by atoms with Crippen molar-refractivity contribution in [3.05, 3.63) is 42.4 Å². The summed E-state index contributed by atoms with van der Waals surface area (Å²) in [6.07, 6.45) is 10.3. The highest BCUT2D eigenvalue weighted by molar-refractivity contribution is 5.81. The van der Waals surface area contributed by atoms with Crippen LogP contribution in [0.15, 0.2) is 36.7 Å². The van der Waals surface area contributed by atoms with E-state index in [9.17, 15) is 0 Å². The van der Waals surface area contributed by atoms with E-state index in [1.807, 2.05) is 31.1 Å². The lowest BCUT2D eigenvalue weighted by Gasteiger charge is -2.15. The minimum atomic E-state index is 0.723. The molecule has 0 aromatic carbocycles. The van der Waals surface area contributed by atoms with E-state index in [1.165, 1.54) is 11.3 Å². The average molecular weight is 244 g/mol. The third-order valence-corrected chi connectivity index (χ3v) is 3.07. The Morgan fingerprint density at radius 3 is 2.94 bits per heavy atom. The summed E-state index contributed by atoms with van der Waals surface area (Å²) < 4.78 is 1.90. The molecule has 1 aromatic heterocycles. The number of anilines is 1. The molecule has 0 atom stereocenters. The monoisotopic (exact) mass is 244 g/mol. The van der Waals surface area contributed by atoms with Gasteiger partial charge in [0.2, 0.25) is 0 Å². The zero-order valence-corrected chi connectivity index (χ0v) is 11.0. The van der Waals surface area contributed by atoms with Crippen molar-refractivity contribution in [1.29, 1.82) is 0 Å². The third kappa shape index (κ3) is 2.32. The van der Waals surface area contributed by atoms with Crippen molar-refractivity contribution in [3.63, 3.8) is 0 Å². The van der Waals surface area contributed by atoms with Crippen molar-refractivity contribution in [2.24, 2.45) is 0 Å². The van der Waals surface area contributed by atoms with E-state index in [0.29, 0.717) is 0 Å². The Hall–Kier alpha value is -1.97. The van der Waals surface area contributed by atoms with Gasteiger partial charge >= 0.3 is 0 Å². The van der Waals surface area contributed by atoms with Crippen LogP contribution in [0.4, 0.5) is 5.69 Å². The minimum Gasteiger partial charge on any atom is -0.391 e. The van der Waals surface area contributed by atoms with Crippen LogP contribution in [0.1, 0.15) is 18.5 Å². The van der Waals surface area contributed by atoms with Gasteiger partial charge in [0.05, 0.1) is 12.2 Å². The van der Waals surface area contributed by atoms with Crippen LogP contribution in [0.5, 0.6) is 0 Å². The molecule has 0 amide bonds. The lowest BCUT2D eigenvalue weighted by molar-refractivity contribution is 0.699. The fourth-order valence-corrected chi connectivity index (χ4v) is 2.17. The summed E-state index contributed by atoms with van der Waals surface area (Å²) in [5, 5.41) is 11.1. The quantitative estimate of drug-likeness (QED) is 0.781. The van der Waals surface area contributed by atoms with Crippen molar-refractivity contribution in [1.82, 2.24) is 15.1 Å². The summed E-state index contributed by atoms with van der Waals surface area (Å²) in [7, 11) is 3.89. The van der Waals surface area contributed by atoms with Crippen LogP contribution >= 0.6 is 0 Å². The maximum Gasteiger partial charge on any atom is 0.117 e. The van der Waals surface area contributed by atoms with E-state index in [1.54, 1.807) is 0 Å². The summed E-state index contributed by atoms with van der Waals surface area (Å²) in [6, 6.07) is 0. The van der Waals surface area contributed by atoms with Gasteiger partial charge in [0.15, 0.2) is 0 Å². The molecule has 4 heteroatoms. The van der Waals surface area contributed by atoms with Crippen molar-refractivity contribution in [2.75, 3.05) is 19.4 Å². The van der Waals surface area contributed by atoms with E-state index in [4.69, 9.17) is 0 Å². The number of allylic oxidation sites excluding steroid dienone is 5. The zero-order chi connectivity index (χ0) is 13.0. The van der Waals surface area contributed by atoms with E-state index >= 15 is 0 Å². The number of hydrogen-bond donors (Lipinski definition) is 2. The van der Waals surface area contributed by atoms with Crippen LogP contribution in [0.25, 0.3) is 5.57 Å². The molecule has 4 nitrogen and oxygen atoms in total. The molecule has 96 valence electrons. The molecule has 0 fully saturated rings. The smallest absolute Gasteiger partial charge is 0.117 e. The van der Waals surface area contributed by atoms with E-state index in [-0.39, 0.29) is 0 Å². The van der Waals surface area contributed by atoms with Crippen LogP contribution in [0.3, 0.4) is 0 Å². The highest BCUT2D eigenvalue weighted by Gasteiger charge is 2.16. The molecule has 0 radical (unpaired) electrons. The van der Waals surface area contributed by atoms with Gasteiger partial charge in [-0.15, -0.1) is 6.58 Å². The number of nitrogens with zero attached hydrogens (tertiary/aromatic N) is 2. The molecular formula is C14H20N4. The van der Waals surface area contributed by atoms with Crippen LogP contribution in [0.2, 0.25) is 0 Å². The Labute approximate surface area is 108 Å². The molecule has 2 rings (SSSR count). The maximum absolute atomic E-state index is 4.63. The molecule has 1 aliphatic rings. The lowest BCUT2D eigenvalue weighted by atomic mass is 10.00. The fraction of sp³-hybridized carbons (Fsp3) is 0.357. The van der Waals surface area contributed by atoms with Crippen molar-refractivity contribution < 1.29 is 0 Å². The van der Waals surface area contributed by atoms with Gasteiger partial charge in [0.1, 0.15) is 5.69 Å². The molecule has 0 saturated carbocycles. The first kappa shape index (κ1) is 12.5. The second-order valence-corrected chi connectivity index (χ2v) is 4.24. The zero-order valence-electron chi connectivity index (χ0n) is 11.0. The summed E-state index contributed by atoms with van der Waals surface area (Å²) in [5.74, 6) is 0. The van der Waals surface area contributed by atoms with Gasteiger partial charge in [-0.2, -0.15) is 5.10 Å². The standard InChI is InChI=1S/C14H20N4/c1-4-9-18-10-13(16-3)14(17-18)11-7-5-6-8-12(11)15-2/h4-5,7,10,15-16H,1,6,8-9H2,2-3H3. The highest BCUT2D eigenvalue weighted by atomic mass is 15.3. The SMILES string of the molecule is C=CCn1cc(NC)c(C2=C(NC)CCC=C2)n1. The number of aromatic nitrogens is 2. The molecule has 1 aliphatic carbocycles. The fourth-order valence-electron chi connectivity index (χ4n) is 2.17. The summed E-state index contributed by atoms with van der Waals surface area (Å²) >= 11 is 0. The van der Waals surface area contributed by atoms with Crippen molar-refractivity contribution in [2.45, 2.75) is 19.4 Å². The lowest BCUT2D eigenvalue weighted by Crippen LogP contribution is -2.11. The van der Waals surface area contributed by atoms with Gasteiger partial charge in [0, 0.05) is 31.6 Å². The molecule has 1 aromatic rings. The van der Waals surface area contributed by atoms with E-state index < -0.39 is 0 Å². The van der Waals surface area contributed by atoms with Gasteiger partial charge < -0.3 is 10.6 Å². The van der Waals surface area contributed by atoms with Gasteiger partial charge in [-0.25, -0.2) is 0 Å². The Morgan fingerprint density at radius 1 is 1.44 bits per heavy atom. The van der Waals surface area contributed by atoms with Gasteiger partial charge in [-0.05, 0) is 12.8 Å². The second kappa shape index (κ2) is 5.58. The Bertz CT molecular complexity index is 494. The van der Waals surface area contributed by atoms with Crippen molar-refractivity contribution >= 4 is 11.3 Å². The minimum absolute atomic E-state index is 0.723. The van der Waals surface area contributed by atoms with Crippen molar-refractivity contribution in [3.8, 4) is 0 Å². The molecular weight excluding hydrogens is 224 g/mol. The predicted molar refractivity (Wildman–Crippen MR) is 76.3 cm³/mol. The van der Waals surface area contributed by atoms with Crippen LogP contribution < -0.4 is 10.6 Å². The largest absolute Gasteiger partial charge is 0.391 e. The van der Waals surface area contributed by atoms with Crippen LogP contribution in [0, 0.1) is 0 Å². The molecule has 18 heavy (non-hydrogen) atoms. The highest BCUT2D eigenvalue weighted by Crippen LogP contribution is 2.29. The van der Waals surface area contributed by atoms with Crippen LogP contribution in [-0.2, 0) is 6.54 Å². The molecule has 0 bridgehead atoms. The average Bonchev–Trinajstić information content (AvgIpc) is 2.82. The Kier molecular flexibility index (Phi) is 3.87. The number of nitrogens with one attached hydrogen (secondary N) is 2. The topological polar surface area (TPSA) is 41.9 Å². The first-order valence-corrected chi connectivity index (χ1v) is 6.24. The van der Waals surface area contributed by atoms with Crippen LogP contribution in [-0.4, -0.2) is 23.9 Å². The van der Waals surface area contributed by atoms with E-state index in [2.05, 4.69) is 34.5 Å². The number of rotatable bonds is 5. The molecule has 0 saturated heterocycles.